The maximum absolute atomic E-state index is 11.1. The lowest BCUT2D eigenvalue weighted by Gasteiger charge is -2.50. The van der Waals surface area contributed by atoms with Crippen molar-refractivity contribution in [1.82, 2.24) is 0 Å². The summed E-state index contributed by atoms with van der Waals surface area (Å²) >= 11 is 0. The van der Waals surface area contributed by atoms with Crippen molar-refractivity contribution in [3.8, 4) is 0 Å². The van der Waals surface area contributed by atoms with Crippen molar-refractivity contribution < 1.29 is 74.0 Å². The van der Waals surface area contributed by atoms with Crippen LogP contribution in [0.5, 0.6) is 0 Å². The summed E-state index contributed by atoms with van der Waals surface area (Å²) in [7, 11) is 0. The fourth-order valence-electron chi connectivity index (χ4n) is 5.98. The second-order valence-electron chi connectivity index (χ2n) is 12.1. The summed E-state index contributed by atoms with van der Waals surface area (Å²) in [6.45, 7) is 9.55. The number of ether oxygens (including phenoxy) is 7. The van der Waals surface area contributed by atoms with Gasteiger partial charge in [0.25, 0.3) is 0 Å². The molecule has 0 spiro atoms. The van der Waals surface area contributed by atoms with Crippen LogP contribution in [0.4, 0.5) is 0 Å². The van der Waals surface area contributed by atoms with Gasteiger partial charge in [-0.05, 0) is 27.7 Å². The Kier molecular flexibility index (Phi) is 11.3. The average molecular weight is 613 g/mol. The van der Waals surface area contributed by atoms with E-state index in [2.05, 4.69) is 0 Å². The number of hydrogen-bond donors (Lipinski definition) is 8. The highest BCUT2D eigenvalue weighted by atomic mass is 16.8. The van der Waals surface area contributed by atoms with E-state index in [9.17, 15) is 40.9 Å². The highest BCUT2D eigenvalue weighted by Crippen LogP contribution is 2.37. The van der Waals surface area contributed by atoms with Gasteiger partial charge >= 0.3 is 0 Å². The van der Waals surface area contributed by atoms with Gasteiger partial charge in [-0.2, -0.15) is 0 Å². The lowest BCUT2D eigenvalue weighted by atomic mass is 9.87. The van der Waals surface area contributed by atoms with Crippen LogP contribution in [0.3, 0.4) is 0 Å². The zero-order valence-electron chi connectivity index (χ0n) is 24.7. The Bertz CT molecular complexity index is 867. The Morgan fingerprint density at radius 2 is 0.905 bits per heavy atom. The van der Waals surface area contributed by atoms with Crippen LogP contribution >= 0.6 is 0 Å². The van der Waals surface area contributed by atoms with Crippen LogP contribution in [-0.4, -0.2) is 158 Å². The third kappa shape index (κ3) is 6.66. The highest BCUT2D eigenvalue weighted by Gasteiger charge is 2.53. The van der Waals surface area contributed by atoms with Gasteiger partial charge in [-0.3, -0.25) is 0 Å². The second-order valence-corrected chi connectivity index (χ2v) is 12.1. The molecule has 4 fully saturated rings. The summed E-state index contributed by atoms with van der Waals surface area (Å²) in [6.07, 6.45) is -21.0. The van der Waals surface area contributed by atoms with E-state index in [0.717, 1.165) is 0 Å². The van der Waals surface area contributed by atoms with Gasteiger partial charge < -0.3 is 74.0 Å². The van der Waals surface area contributed by atoms with Crippen LogP contribution in [0.15, 0.2) is 0 Å². The van der Waals surface area contributed by atoms with E-state index in [4.69, 9.17) is 33.2 Å². The predicted octanol–water partition coefficient (Wildman–Crippen LogP) is -3.05. The number of rotatable bonds is 7. The molecule has 20 atom stereocenters. The molecule has 0 radical (unpaired) electrons. The Balaban J connectivity index is 1.53. The molecule has 246 valence electrons. The molecule has 15 heteroatoms. The quantitative estimate of drug-likeness (QED) is 0.143. The smallest absolute Gasteiger partial charge is 0.187 e. The van der Waals surface area contributed by atoms with Gasteiger partial charge in [-0.1, -0.05) is 13.8 Å². The van der Waals surface area contributed by atoms with Crippen LogP contribution in [-0.2, 0) is 33.2 Å². The van der Waals surface area contributed by atoms with Gasteiger partial charge in [0, 0.05) is 11.8 Å². The normalized spacial score (nSPS) is 55.9. The molecule has 0 aromatic heterocycles. The Hall–Kier alpha value is -0.600. The first kappa shape index (κ1) is 34.3. The molecule has 0 saturated carbocycles. The monoisotopic (exact) mass is 612 g/mol. The summed E-state index contributed by atoms with van der Waals surface area (Å²) < 4.78 is 41.3. The van der Waals surface area contributed by atoms with Crippen LogP contribution in [0.1, 0.15) is 41.5 Å². The first-order chi connectivity index (χ1) is 19.7. The standard InChI is InChI=1S/C27H48O15/c1-8-10(3)36-14(7-28)18(32)22(8)40-25-9(2)23(17(31)13(6)37-25)41-27-24(20(34)16(30)12(5)39-27)42-26-21(35)19(33)15(29)11(4)38-26/h8-35H,7H2,1-6H3/t8?,9?,10-,11?,12?,13?,14?,15-,16-,17-,18+,19-,20-,21?,22+,23+,24?,25-,26-,27-/m0/s1. The molecule has 42 heavy (non-hydrogen) atoms. The fraction of sp³-hybridized carbons (Fsp3) is 1.00. The van der Waals surface area contributed by atoms with Gasteiger partial charge in [0.2, 0.25) is 0 Å². The largest absolute Gasteiger partial charge is 0.394 e. The lowest BCUT2D eigenvalue weighted by molar-refractivity contribution is -0.383. The predicted molar refractivity (Wildman–Crippen MR) is 139 cm³/mol. The van der Waals surface area contributed by atoms with E-state index in [1.165, 1.54) is 13.8 Å². The Morgan fingerprint density at radius 1 is 0.429 bits per heavy atom. The van der Waals surface area contributed by atoms with Gasteiger partial charge in [-0.15, -0.1) is 0 Å². The zero-order valence-corrected chi connectivity index (χ0v) is 24.7. The number of aliphatic hydroxyl groups is 8. The lowest BCUT2D eigenvalue weighted by Crippen LogP contribution is -2.65. The minimum atomic E-state index is -1.69. The highest BCUT2D eigenvalue weighted by molar-refractivity contribution is 4.96. The van der Waals surface area contributed by atoms with E-state index < -0.39 is 117 Å². The molecular formula is C27H48O15. The molecule has 15 nitrogen and oxygen atoms in total. The molecule has 0 aliphatic carbocycles. The van der Waals surface area contributed by atoms with Crippen LogP contribution in [0.25, 0.3) is 0 Å². The fourth-order valence-corrected chi connectivity index (χ4v) is 5.98. The summed E-state index contributed by atoms with van der Waals surface area (Å²) in [5, 5.41) is 83.7. The van der Waals surface area contributed by atoms with E-state index in [-0.39, 0.29) is 12.0 Å². The van der Waals surface area contributed by atoms with Crippen molar-refractivity contribution in [1.29, 1.82) is 0 Å². The van der Waals surface area contributed by atoms with Gasteiger partial charge in [0.05, 0.1) is 43.2 Å². The van der Waals surface area contributed by atoms with E-state index >= 15 is 0 Å². The summed E-state index contributed by atoms with van der Waals surface area (Å²) in [5.41, 5.74) is 0. The molecule has 4 aliphatic rings. The summed E-state index contributed by atoms with van der Waals surface area (Å²) in [6, 6.07) is 0. The third-order valence-corrected chi connectivity index (χ3v) is 9.13. The second kappa shape index (κ2) is 13.8. The van der Waals surface area contributed by atoms with Crippen molar-refractivity contribution in [2.75, 3.05) is 6.61 Å². The van der Waals surface area contributed by atoms with Gasteiger partial charge in [0.1, 0.15) is 54.9 Å². The average Bonchev–Trinajstić information content (AvgIpc) is 2.95. The van der Waals surface area contributed by atoms with Crippen molar-refractivity contribution in [3.05, 3.63) is 0 Å². The Morgan fingerprint density at radius 3 is 1.52 bits per heavy atom. The van der Waals surface area contributed by atoms with Crippen LogP contribution < -0.4 is 0 Å². The SMILES string of the molecule is CC1[C@H](C)OC(CO)[C@@H](O)[C@@H]1O[C@@H]1OC(C)[C@H](O)[C@H](O[C@@H]2OC(C)[C@H](O)[C@H](O)C2O[C@@H]2OC(C)[C@H](O)[C@H](O)C2O)C1C. The summed E-state index contributed by atoms with van der Waals surface area (Å²) in [5.74, 6) is -0.936. The molecule has 8 unspecified atom stereocenters. The van der Waals surface area contributed by atoms with Crippen molar-refractivity contribution in [2.24, 2.45) is 11.8 Å². The Labute approximate surface area is 244 Å². The molecule has 0 aromatic carbocycles. The maximum atomic E-state index is 11.1. The van der Waals surface area contributed by atoms with Gasteiger partial charge in [0.15, 0.2) is 18.9 Å². The topological polar surface area (TPSA) is 226 Å². The molecule has 4 saturated heterocycles. The maximum Gasteiger partial charge on any atom is 0.187 e. The van der Waals surface area contributed by atoms with Crippen molar-refractivity contribution >= 4 is 0 Å². The van der Waals surface area contributed by atoms with Crippen molar-refractivity contribution in [2.45, 2.75) is 152 Å². The molecule has 0 aromatic rings. The molecule has 4 rings (SSSR count). The molecule has 8 N–H and O–H groups in total. The van der Waals surface area contributed by atoms with E-state index in [1.54, 1.807) is 13.8 Å². The molecule has 0 amide bonds. The molecule has 4 heterocycles. The van der Waals surface area contributed by atoms with Crippen LogP contribution in [0.2, 0.25) is 0 Å². The first-order valence-electron chi connectivity index (χ1n) is 14.6. The number of hydrogen-bond acceptors (Lipinski definition) is 15. The molecular weight excluding hydrogens is 564 g/mol. The van der Waals surface area contributed by atoms with Crippen LogP contribution in [0, 0.1) is 11.8 Å². The minimum Gasteiger partial charge on any atom is -0.394 e. The van der Waals surface area contributed by atoms with E-state index in [1.807, 2.05) is 13.8 Å². The zero-order chi connectivity index (χ0) is 31.2. The molecule has 0 bridgehead atoms. The van der Waals surface area contributed by atoms with Gasteiger partial charge in [-0.25, -0.2) is 0 Å². The third-order valence-electron chi connectivity index (χ3n) is 9.13. The van der Waals surface area contributed by atoms with E-state index in [0.29, 0.717) is 0 Å². The minimum absolute atomic E-state index is 0.268. The summed E-state index contributed by atoms with van der Waals surface area (Å²) in [4.78, 5) is 0. The number of aliphatic hydroxyl groups excluding tert-OH is 8. The molecule has 4 aliphatic heterocycles. The first-order valence-corrected chi connectivity index (χ1v) is 14.6. The van der Waals surface area contributed by atoms with Crippen molar-refractivity contribution in [3.63, 3.8) is 0 Å².